The van der Waals surface area contributed by atoms with Crippen LogP contribution >= 0.6 is 0 Å². The lowest BCUT2D eigenvalue weighted by Crippen LogP contribution is -2.27. The van der Waals surface area contributed by atoms with Gasteiger partial charge in [0.05, 0.1) is 11.4 Å². The standard InChI is InChI=1S/C17H21B2NO/c1-18(2)12-6-8-16-14(10-12)20(5)15-11-13(19(3)4)7-9-17(15)21-16/h6-11H,1-5H3. The van der Waals surface area contributed by atoms with Crippen LogP contribution in [0.4, 0.5) is 11.4 Å². The van der Waals surface area contributed by atoms with E-state index in [2.05, 4.69) is 75.6 Å². The van der Waals surface area contributed by atoms with E-state index in [0.717, 1.165) is 22.9 Å². The number of hydrogen-bond acceptors (Lipinski definition) is 2. The lowest BCUT2D eigenvalue weighted by atomic mass is 9.49. The molecule has 1 heterocycles. The molecule has 0 N–H and O–H groups in total. The Balaban J connectivity index is 2.07. The molecule has 2 aromatic carbocycles. The highest BCUT2D eigenvalue weighted by molar-refractivity contribution is 6.71. The van der Waals surface area contributed by atoms with E-state index in [1.165, 1.54) is 10.9 Å². The van der Waals surface area contributed by atoms with Gasteiger partial charge in [-0.05, 0) is 24.3 Å². The molecule has 0 aromatic heterocycles. The van der Waals surface area contributed by atoms with Gasteiger partial charge < -0.3 is 9.64 Å². The highest BCUT2D eigenvalue weighted by Crippen LogP contribution is 2.44. The molecule has 0 atom stereocenters. The quantitative estimate of drug-likeness (QED) is 0.779. The van der Waals surface area contributed by atoms with Crippen LogP contribution in [0.15, 0.2) is 36.4 Å². The van der Waals surface area contributed by atoms with Gasteiger partial charge in [-0.15, -0.1) is 0 Å². The first-order valence-corrected chi connectivity index (χ1v) is 7.67. The van der Waals surface area contributed by atoms with E-state index in [1.807, 2.05) is 0 Å². The van der Waals surface area contributed by atoms with Crippen LogP contribution in [-0.2, 0) is 0 Å². The maximum Gasteiger partial charge on any atom is 0.169 e. The van der Waals surface area contributed by atoms with E-state index in [1.54, 1.807) is 0 Å². The Morgan fingerprint density at radius 2 is 1.19 bits per heavy atom. The Kier molecular flexibility index (Phi) is 3.48. The summed E-state index contributed by atoms with van der Waals surface area (Å²) < 4.78 is 6.08. The Bertz CT molecular complexity index is 625. The second-order valence-corrected chi connectivity index (χ2v) is 6.42. The number of anilines is 2. The van der Waals surface area contributed by atoms with Crippen molar-refractivity contribution in [2.45, 2.75) is 27.3 Å². The van der Waals surface area contributed by atoms with Gasteiger partial charge in [0.25, 0.3) is 0 Å². The monoisotopic (exact) mass is 277 g/mol. The van der Waals surface area contributed by atoms with Crippen molar-refractivity contribution < 1.29 is 4.74 Å². The molecule has 0 saturated carbocycles. The SMILES string of the molecule is CB(C)c1ccc2c(c1)N(C)c1cc(B(C)C)ccc1O2. The smallest absolute Gasteiger partial charge is 0.169 e. The molecule has 4 heteroatoms. The van der Waals surface area contributed by atoms with Gasteiger partial charge in [0.2, 0.25) is 0 Å². The van der Waals surface area contributed by atoms with E-state index in [4.69, 9.17) is 4.74 Å². The largest absolute Gasteiger partial charge is 0.453 e. The Morgan fingerprint density at radius 3 is 1.57 bits per heavy atom. The molecule has 0 radical (unpaired) electrons. The summed E-state index contributed by atoms with van der Waals surface area (Å²) in [7, 11) is 2.12. The van der Waals surface area contributed by atoms with Crippen LogP contribution < -0.4 is 20.6 Å². The van der Waals surface area contributed by atoms with Gasteiger partial charge in [0.1, 0.15) is 0 Å². The van der Waals surface area contributed by atoms with E-state index < -0.39 is 0 Å². The summed E-state index contributed by atoms with van der Waals surface area (Å²) in [6.07, 6.45) is 0. The van der Waals surface area contributed by atoms with Crippen LogP contribution in [0, 0.1) is 0 Å². The van der Waals surface area contributed by atoms with Gasteiger partial charge in [0.15, 0.2) is 24.9 Å². The fourth-order valence-electron chi connectivity index (χ4n) is 2.73. The van der Waals surface area contributed by atoms with E-state index >= 15 is 0 Å². The molecule has 1 aliphatic rings. The summed E-state index contributed by atoms with van der Waals surface area (Å²) >= 11 is 0. The molecular formula is C17H21B2NO. The molecule has 106 valence electrons. The van der Waals surface area contributed by atoms with E-state index in [9.17, 15) is 0 Å². The average Bonchev–Trinajstić information content (AvgIpc) is 2.46. The highest BCUT2D eigenvalue weighted by atomic mass is 16.5. The first-order chi connectivity index (χ1) is 9.97. The summed E-state index contributed by atoms with van der Waals surface area (Å²) in [4.78, 5) is 2.24. The predicted octanol–water partition coefficient (Wildman–Crippen LogP) is 3.48. The number of fused-ring (bicyclic) bond motifs is 2. The Morgan fingerprint density at radius 1 is 0.762 bits per heavy atom. The predicted molar refractivity (Wildman–Crippen MR) is 95.3 cm³/mol. The third-order valence-corrected chi connectivity index (χ3v) is 4.24. The third kappa shape index (κ3) is 2.44. The van der Waals surface area contributed by atoms with Crippen LogP contribution in [0.25, 0.3) is 0 Å². The maximum absolute atomic E-state index is 6.08. The van der Waals surface area contributed by atoms with Crippen LogP contribution in [0.1, 0.15) is 0 Å². The second-order valence-electron chi connectivity index (χ2n) is 6.42. The van der Waals surface area contributed by atoms with Crippen molar-refractivity contribution in [1.29, 1.82) is 0 Å². The minimum absolute atomic E-state index is 0.520. The summed E-state index contributed by atoms with van der Waals surface area (Å²) in [5.74, 6) is 1.87. The van der Waals surface area contributed by atoms with Gasteiger partial charge in [0, 0.05) is 7.05 Å². The molecule has 2 nitrogen and oxygen atoms in total. The van der Waals surface area contributed by atoms with E-state index in [-0.39, 0.29) is 0 Å². The van der Waals surface area contributed by atoms with E-state index in [0.29, 0.717) is 13.4 Å². The lowest BCUT2D eigenvalue weighted by Gasteiger charge is -2.31. The fourth-order valence-corrected chi connectivity index (χ4v) is 2.73. The number of rotatable bonds is 2. The molecule has 0 fully saturated rings. The zero-order chi connectivity index (χ0) is 15.1. The van der Waals surface area contributed by atoms with Crippen molar-refractivity contribution >= 4 is 35.7 Å². The Hall–Kier alpha value is -1.83. The number of benzene rings is 2. The van der Waals surface area contributed by atoms with Crippen molar-refractivity contribution in [3.8, 4) is 11.5 Å². The lowest BCUT2D eigenvalue weighted by molar-refractivity contribution is 0.476. The van der Waals surface area contributed by atoms with Crippen molar-refractivity contribution in [3.63, 3.8) is 0 Å². The molecular weight excluding hydrogens is 256 g/mol. The van der Waals surface area contributed by atoms with Crippen LogP contribution in [0.2, 0.25) is 27.3 Å². The van der Waals surface area contributed by atoms with Crippen molar-refractivity contribution in [3.05, 3.63) is 36.4 Å². The topological polar surface area (TPSA) is 12.5 Å². The molecule has 21 heavy (non-hydrogen) atoms. The van der Waals surface area contributed by atoms with Gasteiger partial charge in [-0.2, -0.15) is 0 Å². The first-order valence-electron chi connectivity index (χ1n) is 7.67. The van der Waals surface area contributed by atoms with Crippen LogP contribution in [-0.4, -0.2) is 20.5 Å². The minimum Gasteiger partial charge on any atom is -0.453 e. The van der Waals surface area contributed by atoms with Gasteiger partial charge >= 0.3 is 0 Å². The first kappa shape index (κ1) is 14.1. The molecule has 0 bridgehead atoms. The molecule has 0 amide bonds. The normalized spacial score (nSPS) is 12.3. The molecule has 2 aromatic rings. The fraction of sp³-hybridized carbons (Fsp3) is 0.294. The summed E-state index contributed by atoms with van der Waals surface area (Å²) in [5.41, 5.74) is 4.98. The van der Waals surface area contributed by atoms with Crippen molar-refractivity contribution in [1.82, 2.24) is 0 Å². The highest BCUT2D eigenvalue weighted by Gasteiger charge is 2.23. The van der Waals surface area contributed by atoms with Crippen molar-refractivity contribution in [2.75, 3.05) is 11.9 Å². The molecule has 0 saturated heterocycles. The zero-order valence-corrected chi connectivity index (χ0v) is 13.5. The maximum atomic E-state index is 6.08. The Labute approximate surface area is 128 Å². The summed E-state index contributed by atoms with van der Waals surface area (Å²) in [5, 5.41) is 0. The zero-order valence-electron chi connectivity index (χ0n) is 13.5. The van der Waals surface area contributed by atoms with Gasteiger partial charge in [-0.3, -0.25) is 0 Å². The third-order valence-electron chi connectivity index (χ3n) is 4.24. The molecule has 0 aliphatic carbocycles. The second kappa shape index (κ2) is 5.18. The molecule has 0 spiro atoms. The molecule has 1 aliphatic heterocycles. The van der Waals surface area contributed by atoms with Gasteiger partial charge in [-0.1, -0.05) is 50.4 Å². The van der Waals surface area contributed by atoms with Crippen LogP contribution in [0.3, 0.4) is 0 Å². The summed E-state index contributed by atoms with van der Waals surface area (Å²) in [6.45, 7) is 9.91. The molecule has 3 rings (SSSR count). The number of ether oxygens (including phenoxy) is 1. The minimum atomic E-state index is 0.520. The van der Waals surface area contributed by atoms with Gasteiger partial charge in [-0.25, -0.2) is 0 Å². The van der Waals surface area contributed by atoms with Crippen LogP contribution in [0.5, 0.6) is 11.5 Å². The summed E-state index contributed by atoms with van der Waals surface area (Å²) in [6, 6.07) is 13.0. The number of hydrogen-bond donors (Lipinski definition) is 0. The average molecular weight is 277 g/mol. The van der Waals surface area contributed by atoms with Crippen molar-refractivity contribution in [2.24, 2.45) is 0 Å². The molecule has 0 unspecified atom stereocenters. The number of nitrogens with zero attached hydrogens (tertiary/aromatic N) is 1.